The lowest BCUT2D eigenvalue weighted by Gasteiger charge is -2.18. The average Bonchev–Trinajstić information content (AvgIpc) is 3.13. The summed E-state index contributed by atoms with van der Waals surface area (Å²) in [5.41, 5.74) is -0.0892. The molecule has 2 amide bonds. The van der Waals surface area contributed by atoms with E-state index in [9.17, 15) is 9.59 Å². The predicted octanol–water partition coefficient (Wildman–Crippen LogP) is 0.418. The van der Waals surface area contributed by atoms with Crippen LogP contribution in [0.25, 0.3) is 0 Å². The van der Waals surface area contributed by atoms with Crippen LogP contribution in [0, 0.1) is 11.8 Å². The van der Waals surface area contributed by atoms with Gasteiger partial charge >= 0.3 is 12.0 Å². The van der Waals surface area contributed by atoms with Crippen molar-refractivity contribution in [3.63, 3.8) is 0 Å². The highest BCUT2D eigenvalue weighted by molar-refractivity contribution is 5.84. The first-order valence-corrected chi connectivity index (χ1v) is 7.29. The molecule has 3 rings (SSSR count). The van der Waals surface area contributed by atoms with Crippen LogP contribution in [0.5, 0.6) is 0 Å². The Morgan fingerprint density at radius 3 is 2.67 bits per heavy atom. The molecule has 1 aromatic heterocycles. The molecule has 0 spiro atoms. The zero-order valence-corrected chi connectivity index (χ0v) is 11.7. The van der Waals surface area contributed by atoms with Crippen LogP contribution < -0.4 is 5.32 Å². The molecule has 114 valence electrons. The summed E-state index contributed by atoms with van der Waals surface area (Å²) in [6.07, 6.45) is 5.13. The third-order valence-corrected chi connectivity index (χ3v) is 4.39. The maximum atomic E-state index is 12.1. The average molecular weight is 293 g/mol. The third kappa shape index (κ3) is 2.98. The molecule has 8 nitrogen and oxygen atoms in total. The molecule has 1 aliphatic heterocycles. The summed E-state index contributed by atoms with van der Waals surface area (Å²) in [5.74, 6) is 0.266. The third-order valence-electron chi connectivity index (χ3n) is 4.39. The first kappa shape index (κ1) is 13.8. The van der Waals surface area contributed by atoms with Crippen LogP contribution in [0.3, 0.4) is 0 Å². The van der Waals surface area contributed by atoms with E-state index >= 15 is 0 Å². The Hall–Kier alpha value is -2.12. The molecule has 8 heteroatoms. The molecule has 1 aliphatic carbocycles. The van der Waals surface area contributed by atoms with Gasteiger partial charge in [-0.1, -0.05) is 11.6 Å². The molecule has 1 saturated carbocycles. The number of hydrogen-bond acceptors (Lipinski definition) is 4. The maximum absolute atomic E-state index is 12.1. The summed E-state index contributed by atoms with van der Waals surface area (Å²) in [6.45, 7) is 2.55. The molecule has 0 radical (unpaired) electrons. The van der Waals surface area contributed by atoms with Crippen molar-refractivity contribution in [2.24, 2.45) is 11.8 Å². The summed E-state index contributed by atoms with van der Waals surface area (Å²) in [7, 11) is 0. The van der Waals surface area contributed by atoms with Gasteiger partial charge < -0.3 is 15.3 Å². The molecule has 21 heavy (non-hydrogen) atoms. The van der Waals surface area contributed by atoms with Gasteiger partial charge in [-0.3, -0.25) is 0 Å². The Morgan fingerprint density at radius 2 is 2.05 bits per heavy atom. The minimum atomic E-state index is -1.10. The first-order valence-electron chi connectivity index (χ1n) is 7.29. The highest BCUT2D eigenvalue weighted by Gasteiger charge is 2.37. The van der Waals surface area contributed by atoms with Crippen LogP contribution in [0.15, 0.2) is 6.20 Å². The fraction of sp³-hybridized carbons (Fsp3) is 0.692. The zero-order chi connectivity index (χ0) is 14.8. The van der Waals surface area contributed by atoms with Crippen molar-refractivity contribution >= 4 is 12.0 Å². The lowest BCUT2D eigenvalue weighted by atomic mass is 10.0. The van der Waals surface area contributed by atoms with E-state index in [0.29, 0.717) is 24.9 Å². The minimum Gasteiger partial charge on any atom is -0.476 e. The molecule has 1 saturated heterocycles. The number of aromatic carboxylic acids is 1. The van der Waals surface area contributed by atoms with E-state index < -0.39 is 5.97 Å². The summed E-state index contributed by atoms with van der Waals surface area (Å²) in [4.78, 5) is 24.6. The molecule has 0 bridgehead atoms. The molecule has 2 aliphatic rings. The van der Waals surface area contributed by atoms with Crippen molar-refractivity contribution in [2.75, 3.05) is 19.6 Å². The fourth-order valence-electron chi connectivity index (χ4n) is 3.30. The van der Waals surface area contributed by atoms with Crippen molar-refractivity contribution in [2.45, 2.75) is 25.8 Å². The summed E-state index contributed by atoms with van der Waals surface area (Å²) in [6, 6.07) is -0.0389. The SMILES string of the molecule is O=C(O)c1cn(CCNC(=O)N2CC3CCCC3C2)nn1. The van der Waals surface area contributed by atoms with Crippen LogP contribution in [0.2, 0.25) is 0 Å². The number of fused-ring (bicyclic) bond motifs is 1. The highest BCUT2D eigenvalue weighted by Crippen LogP contribution is 2.37. The second-order valence-electron chi connectivity index (χ2n) is 5.76. The molecule has 2 heterocycles. The summed E-state index contributed by atoms with van der Waals surface area (Å²) >= 11 is 0. The number of likely N-dealkylation sites (tertiary alicyclic amines) is 1. The van der Waals surface area contributed by atoms with Gasteiger partial charge in [0.2, 0.25) is 0 Å². The highest BCUT2D eigenvalue weighted by atomic mass is 16.4. The second-order valence-corrected chi connectivity index (χ2v) is 5.76. The van der Waals surface area contributed by atoms with Gasteiger partial charge in [0.05, 0.1) is 12.7 Å². The molecule has 2 N–H and O–H groups in total. The normalized spacial score (nSPS) is 24.1. The zero-order valence-electron chi connectivity index (χ0n) is 11.7. The van der Waals surface area contributed by atoms with Gasteiger partial charge in [0.15, 0.2) is 5.69 Å². The van der Waals surface area contributed by atoms with E-state index in [1.807, 2.05) is 4.90 Å². The lowest BCUT2D eigenvalue weighted by molar-refractivity contribution is 0.0690. The number of carbonyl (C=O) groups is 2. The predicted molar refractivity (Wildman–Crippen MR) is 72.8 cm³/mol. The van der Waals surface area contributed by atoms with Crippen LogP contribution >= 0.6 is 0 Å². The Bertz CT molecular complexity index is 532. The quantitative estimate of drug-likeness (QED) is 0.838. The molecule has 2 fully saturated rings. The van der Waals surface area contributed by atoms with Gasteiger partial charge in [0.25, 0.3) is 0 Å². The van der Waals surface area contributed by atoms with Crippen LogP contribution in [0.1, 0.15) is 29.8 Å². The van der Waals surface area contributed by atoms with Gasteiger partial charge in [-0.25, -0.2) is 14.3 Å². The number of nitrogens with zero attached hydrogens (tertiary/aromatic N) is 4. The number of carboxylic acid groups (broad SMARTS) is 1. The monoisotopic (exact) mass is 293 g/mol. The number of nitrogens with one attached hydrogen (secondary N) is 1. The smallest absolute Gasteiger partial charge is 0.358 e. The van der Waals surface area contributed by atoms with Gasteiger partial charge in [-0.2, -0.15) is 0 Å². The standard InChI is InChI=1S/C13H19N5O3/c19-12(20)11-8-18(16-15-11)5-4-14-13(21)17-6-9-2-1-3-10(9)7-17/h8-10H,1-7H2,(H,14,21)(H,19,20). The molecular weight excluding hydrogens is 274 g/mol. The van der Waals surface area contributed by atoms with E-state index in [-0.39, 0.29) is 11.7 Å². The van der Waals surface area contributed by atoms with Crippen LogP contribution in [-0.2, 0) is 6.54 Å². The Balaban J connectivity index is 1.42. The van der Waals surface area contributed by atoms with Crippen LogP contribution in [-0.4, -0.2) is 56.6 Å². The molecule has 0 aromatic carbocycles. The lowest BCUT2D eigenvalue weighted by Crippen LogP contribution is -2.40. The van der Waals surface area contributed by atoms with Crippen molar-refractivity contribution in [3.8, 4) is 0 Å². The van der Waals surface area contributed by atoms with Crippen molar-refractivity contribution in [1.29, 1.82) is 0 Å². The number of aromatic nitrogens is 3. The van der Waals surface area contributed by atoms with Crippen molar-refractivity contribution in [3.05, 3.63) is 11.9 Å². The van der Waals surface area contributed by atoms with E-state index in [2.05, 4.69) is 15.6 Å². The summed E-state index contributed by atoms with van der Waals surface area (Å²) in [5, 5.41) is 18.8. The number of rotatable bonds is 4. The van der Waals surface area contributed by atoms with Gasteiger partial charge in [-0.05, 0) is 24.7 Å². The Morgan fingerprint density at radius 1 is 1.33 bits per heavy atom. The maximum Gasteiger partial charge on any atom is 0.358 e. The van der Waals surface area contributed by atoms with E-state index in [1.165, 1.54) is 30.1 Å². The Labute approximate surface area is 122 Å². The van der Waals surface area contributed by atoms with Gasteiger partial charge in [0.1, 0.15) is 0 Å². The van der Waals surface area contributed by atoms with Gasteiger partial charge in [0, 0.05) is 19.6 Å². The number of carbonyl (C=O) groups excluding carboxylic acids is 1. The van der Waals surface area contributed by atoms with Crippen molar-refractivity contribution < 1.29 is 14.7 Å². The molecule has 2 atom stereocenters. The van der Waals surface area contributed by atoms with E-state index in [0.717, 1.165) is 13.1 Å². The summed E-state index contributed by atoms with van der Waals surface area (Å²) < 4.78 is 1.42. The van der Waals surface area contributed by atoms with E-state index in [4.69, 9.17) is 5.11 Å². The topological polar surface area (TPSA) is 100 Å². The molecule has 2 unspecified atom stereocenters. The largest absolute Gasteiger partial charge is 0.476 e. The van der Waals surface area contributed by atoms with Gasteiger partial charge in [-0.15, -0.1) is 5.10 Å². The van der Waals surface area contributed by atoms with Crippen molar-refractivity contribution in [1.82, 2.24) is 25.2 Å². The number of hydrogen-bond donors (Lipinski definition) is 2. The number of urea groups is 1. The van der Waals surface area contributed by atoms with E-state index in [1.54, 1.807) is 0 Å². The number of carboxylic acids is 1. The fourth-order valence-corrected chi connectivity index (χ4v) is 3.30. The Kier molecular flexibility index (Phi) is 3.76. The minimum absolute atomic E-state index is 0.0389. The van der Waals surface area contributed by atoms with Crippen LogP contribution in [0.4, 0.5) is 4.79 Å². The number of amides is 2. The second kappa shape index (κ2) is 5.71. The molecular formula is C13H19N5O3. The molecule has 1 aromatic rings. The first-order chi connectivity index (χ1) is 10.1.